The summed E-state index contributed by atoms with van der Waals surface area (Å²) in [7, 11) is 0. The van der Waals surface area contributed by atoms with Crippen LogP contribution in [0.5, 0.6) is 0 Å². The highest BCUT2D eigenvalue weighted by Crippen LogP contribution is 2.28. The normalized spacial score (nSPS) is 14.1. The summed E-state index contributed by atoms with van der Waals surface area (Å²) in [5.74, 6) is 0.973. The molecular weight excluding hydrogens is 222 g/mol. The molecule has 1 aromatic rings. The van der Waals surface area contributed by atoms with E-state index in [2.05, 4.69) is 49.4 Å². The van der Waals surface area contributed by atoms with Gasteiger partial charge in [-0.2, -0.15) is 0 Å². The molecule has 1 unspecified atom stereocenters. The number of nitrogens with zero attached hydrogens (tertiary/aromatic N) is 3. The molecule has 1 heterocycles. The zero-order chi connectivity index (χ0) is 12.3. The quantitative estimate of drug-likeness (QED) is 0.801. The average molecular weight is 244 g/mol. The number of rotatable bonds is 4. The van der Waals surface area contributed by atoms with Crippen LogP contribution in [-0.2, 0) is 5.41 Å². The number of halogens is 1. The maximum atomic E-state index is 6.11. The summed E-state index contributed by atoms with van der Waals surface area (Å²) in [6.45, 7) is 10.8. The molecule has 1 atom stereocenters. The van der Waals surface area contributed by atoms with Crippen molar-refractivity contribution in [1.82, 2.24) is 14.8 Å². The summed E-state index contributed by atoms with van der Waals surface area (Å²) in [5, 5.41) is 8.70. The lowest BCUT2D eigenvalue weighted by atomic mass is 9.95. The van der Waals surface area contributed by atoms with Crippen LogP contribution < -0.4 is 0 Å². The third-order valence-corrected chi connectivity index (χ3v) is 3.00. The van der Waals surface area contributed by atoms with Crippen LogP contribution in [0.15, 0.2) is 0 Å². The first-order valence-corrected chi connectivity index (χ1v) is 6.36. The molecule has 0 N–H and O–H groups in total. The van der Waals surface area contributed by atoms with Gasteiger partial charge in [0.05, 0.1) is 0 Å². The first-order valence-electron chi connectivity index (χ1n) is 5.98. The van der Waals surface area contributed by atoms with Crippen molar-refractivity contribution in [2.75, 3.05) is 0 Å². The molecule has 0 aliphatic carbocycles. The van der Waals surface area contributed by atoms with Crippen molar-refractivity contribution >= 4 is 11.6 Å². The van der Waals surface area contributed by atoms with Crippen LogP contribution in [0.3, 0.4) is 0 Å². The maximum Gasteiger partial charge on any atom is 0.225 e. The van der Waals surface area contributed by atoms with E-state index in [-0.39, 0.29) is 5.41 Å². The van der Waals surface area contributed by atoms with Crippen LogP contribution in [0.25, 0.3) is 0 Å². The van der Waals surface area contributed by atoms with Crippen molar-refractivity contribution in [2.24, 2.45) is 0 Å². The SMILES string of the molecule is CCCCC(C)n1c(Cl)nnc1C(C)(C)C. The standard InChI is InChI=1S/C12H22ClN3/c1-6-7-8-9(2)16-10(12(3,4)5)14-15-11(16)13/h9H,6-8H2,1-5H3. The molecule has 0 radical (unpaired) electrons. The molecule has 1 rings (SSSR count). The van der Waals surface area contributed by atoms with Gasteiger partial charge < -0.3 is 0 Å². The molecule has 4 heteroatoms. The van der Waals surface area contributed by atoms with Gasteiger partial charge in [-0.3, -0.25) is 4.57 Å². The van der Waals surface area contributed by atoms with E-state index in [1.165, 1.54) is 12.8 Å². The van der Waals surface area contributed by atoms with Gasteiger partial charge in [-0.05, 0) is 24.9 Å². The van der Waals surface area contributed by atoms with Crippen molar-refractivity contribution in [3.63, 3.8) is 0 Å². The molecule has 0 saturated heterocycles. The molecule has 0 spiro atoms. The molecule has 0 fully saturated rings. The minimum Gasteiger partial charge on any atom is -0.298 e. The topological polar surface area (TPSA) is 30.7 Å². The minimum absolute atomic E-state index is 0.0133. The summed E-state index contributed by atoms with van der Waals surface area (Å²) in [6.07, 6.45) is 3.53. The van der Waals surface area contributed by atoms with Crippen LogP contribution in [0, 0.1) is 0 Å². The molecule has 0 aliphatic heterocycles. The summed E-state index contributed by atoms with van der Waals surface area (Å²) in [6, 6.07) is 0.372. The minimum atomic E-state index is -0.0133. The Morgan fingerprint density at radius 2 is 1.94 bits per heavy atom. The Labute approximate surface area is 103 Å². The van der Waals surface area contributed by atoms with E-state index >= 15 is 0 Å². The predicted octanol–water partition coefficient (Wildman–Crippen LogP) is 3.98. The van der Waals surface area contributed by atoms with Crippen LogP contribution in [0.4, 0.5) is 0 Å². The molecule has 0 bridgehead atoms. The van der Waals surface area contributed by atoms with E-state index in [0.29, 0.717) is 11.3 Å². The van der Waals surface area contributed by atoms with Crippen molar-refractivity contribution < 1.29 is 0 Å². The van der Waals surface area contributed by atoms with E-state index in [1.807, 2.05) is 0 Å². The van der Waals surface area contributed by atoms with Gasteiger partial charge in [0.15, 0.2) is 0 Å². The number of unbranched alkanes of at least 4 members (excludes halogenated alkanes) is 1. The van der Waals surface area contributed by atoms with Gasteiger partial charge >= 0.3 is 0 Å². The van der Waals surface area contributed by atoms with Gasteiger partial charge in [-0.25, -0.2) is 0 Å². The van der Waals surface area contributed by atoms with Crippen molar-refractivity contribution in [2.45, 2.75) is 65.3 Å². The molecule has 0 aliphatic rings. The monoisotopic (exact) mass is 243 g/mol. The Morgan fingerprint density at radius 1 is 1.31 bits per heavy atom. The molecule has 16 heavy (non-hydrogen) atoms. The molecule has 0 amide bonds. The second-order valence-electron chi connectivity index (χ2n) is 5.40. The lowest BCUT2D eigenvalue weighted by molar-refractivity contribution is 0.424. The van der Waals surface area contributed by atoms with Gasteiger partial charge in [0.2, 0.25) is 5.28 Å². The number of hydrogen-bond donors (Lipinski definition) is 0. The van der Waals surface area contributed by atoms with E-state index in [0.717, 1.165) is 12.2 Å². The lowest BCUT2D eigenvalue weighted by Crippen LogP contribution is -2.21. The van der Waals surface area contributed by atoms with Gasteiger partial charge in [0.25, 0.3) is 0 Å². The Bertz CT molecular complexity index is 339. The summed E-state index contributed by atoms with van der Waals surface area (Å²) < 4.78 is 2.07. The van der Waals surface area contributed by atoms with E-state index in [1.54, 1.807) is 0 Å². The van der Waals surface area contributed by atoms with Crippen molar-refractivity contribution in [1.29, 1.82) is 0 Å². The summed E-state index contributed by atoms with van der Waals surface area (Å²) >= 11 is 6.11. The molecule has 0 saturated carbocycles. The maximum absolute atomic E-state index is 6.11. The first-order chi connectivity index (χ1) is 7.38. The highest BCUT2D eigenvalue weighted by Gasteiger charge is 2.25. The van der Waals surface area contributed by atoms with Crippen LogP contribution in [0.2, 0.25) is 5.28 Å². The molecular formula is C12H22ClN3. The highest BCUT2D eigenvalue weighted by molar-refractivity contribution is 6.28. The predicted molar refractivity (Wildman–Crippen MR) is 68.0 cm³/mol. The highest BCUT2D eigenvalue weighted by atomic mass is 35.5. The number of aromatic nitrogens is 3. The van der Waals surface area contributed by atoms with Crippen LogP contribution in [0.1, 0.15) is 65.7 Å². The van der Waals surface area contributed by atoms with Gasteiger partial charge in [-0.15, -0.1) is 10.2 Å². The molecule has 1 aromatic heterocycles. The fraction of sp³-hybridized carbons (Fsp3) is 0.833. The molecule has 0 aromatic carbocycles. The molecule has 92 valence electrons. The third-order valence-electron chi connectivity index (χ3n) is 2.74. The van der Waals surface area contributed by atoms with Gasteiger partial charge in [0.1, 0.15) is 5.82 Å². The smallest absolute Gasteiger partial charge is 0.225 e. The zero-order valence-electron chi connectivity index (χ0n) is 10.9. The lowest BCUT2D eigenvalue weighted by Gasteiger charge is -2.23. The third kappa shape index (κ3) is 2.97. The fourth-order valence-corrected chi connectivity index (χ4v) is 2.09. The second-order valence-corrected chi connectivity index (χ2v) is 5.74. The molecule has 3 nitrogen and oxygen atoms in total. The van der Waals surface area contributed by atoms with E-state index in [9.17, 15) is 0 Å². The van der Waals surface area contributed by atoms with Crippen LogP contribution in [-0.4, -0.2) is 14.8 Å². The van der Waals surface area contributed by atoms with Gasteiger partial charge in [-0.1, -0.05) is 40.5 Å². The Balaban J connectivity index is 2.97. The summed E-state index contributed by atoms with van der Waals surface area (Å²) in [5.41, 5.74) is -0.0133. The van der Waals surface area contributed by atoms with E-state index < -0.39 is 0 Å². The zero-order valence-corrected chi connectivity index (χ0v) is 11.7. The first kappa shape index (κ1) is 13.5. The largest absolute Gasteiger partial charge is 0.298 e. The summed E-state index contributed by atoms with van der Waals surface area (Å²) in [4.78, 5) is 0. The van der Waals surface area contributed by atoms with Gasteiger partial charge in [0, 0.05) is 11.5 Å². The van der Waals surface area contributed by atoms with E-state index in [4.69, 9.17) is 11.6 Å². The van der Waals surface area contributed by atoms with Crippen LogP contribution >= 0.6 is 11.6 Å². The number of hydrogen-bond acceptors (Lipinski definition) is 2. The Morgan fingerprint density at radius 3 is 2.44 bits per heavy atom. The second kappa shape index (κ2) is 5.17. The fourth-order valence-electron chi connectivity index (χ4n) is 1.80. The Hall–Kier alpha value is -0.570. The van der Waals surface area contributed by atoms with Crippen molar-refractivity contribution in [3.05, 3.63) is 11.1 Å². The average Bonchev–Trinajstić information content (AvgIpc) is 2.56. The Kier molecular flexibility index (Phi) is 4.36. The van der Waals surface area contributed by atoms with Crippen molar-refractivity contribution in [3.8, 4) is 0 Å².